The van der Waals surface area contributed by atoms with Gasteiger partial charge < -0.3 is 4.42 Å². The second-order valence-electron chi connectivity index (χ2n) is 6.88. The maximum absolute atomic E-state index is 5.90. The maximum Gasteiger partial charge on any atom is 0.218 e. The summed E-state index contributed by atoms with van der Waals surface area (Å²) in [7, 11) is -1.38. The van der Waals surface area contributed by atoms with E-state index in [1.165, 1.54) is 5.19 Å². The summed E-state index contributed by atoms with van der Waals surface area (Å²) in [5.41, 5.74) is 3.52. The van der Waals surface area contributed by atoms with Crippen LogP contribution in [-0.4, -0.2) is 13.1 Å². The summed E-state index contributed by atoms with van der Waals surface area (Å²) in [6, 6.07) is 22.1. The fourth-order valence-corrected chi connectivity index (χ4v) is 3.92. The number of rotatable bonds is 2. The Balaban J connectivity index is 0.00000169. The summed E-state index contributed by atoms with van der Waals surface area (Å²) in [4.78, 5) is 4.72. The first-order chi connectivity index (χ1) is 11.0. The van der Waals surface area contributed by atoms with Crippen molar-refractivity contribution in [3.8, 4) is 11.3 Å². The van der Waals surface area contributed by atoms with Crippen molar-refractivity contribution in [1.82, 2.24) is 4.98 Å². The van der Waals surface area contributed by atoms with Gasteiger partial charge in [0.05, 0.1) is 8.07 Å². The monoisotopic (exact) mass is 509 g/mol. The van der Waals surface area contributed by atoms with E-state index in [0.29, 0.717) is 5.71 Å². The van der Waals surface area contributed by atoms with Crippen LogP contribution in [0.5, 0.6) is 0 Å². The molecule has 123 valence electrons. The molecule has 0 N–H and O–H groups in total. The number of hydrogen-bond donors (Lipinski definition) is 0. The van der Waals surface area contributed by atoms with Gasteiger partial charge in [-0.3, -0.25) is 4.98 Å². The second kappa shape index (κ2) is 6.28. The second-order valence-corrected chi connectivity index (χ2v) is 11.9. The number of benzene rings is 2. The van der Waals surface area contributed by atoms with Crippen molar-refractivity contribution in [2.45, 2.75) is 19.6 Å². The van der Waals surface area contributed by atoms with Crippen LogP contribution in [0.15, 0.2) is 59.0 Å². The van der Waals surface area contributed by atoms with Crippen molar-refractivity contribution in [3.63, 3.8) is 0 Å². The molecule has 0 amide bonds. The SMILES string of the molecule is C[Si](C)(C)c1[c-]c(-c2ccc3c(n2)oc2ccccc23)ccc1.[Ir]. The molecule has 0 saturated carbocycles. The molecule has 2 heterocycles. The molecular formula is C20H18IrNOSi-. The van der Waals surface area contributed by atoms with E-state index < -0.39 is 8.07 Å². The number of furan rings is 1. The van der Waals surface area contributed by atoms with Gasteiger partial charge in [0.15, 0.2) is 0 Å². The zero-order valence-electron chi connectivity index (χ0n) is 13.9. The number of hydrogen-bond acceptors (Lipinski definition) is 2. The van der Waals surface area contributed by atoms with Gasteiger partial charge in [-0.1, -0.05) is 50.0 Å². The number of aromatic nitrogens is 1. The van der Waals surface area contributed by atoms with Crippen LogP contribution in [0.2, 0.25) is 19.6 Å². The minimum atomic E-state index is -1.38. The van der Waals surface area contributed by atoms with Crippen LogP contribution in [0.1, 0.15) is 0 Å². The van der Waals surface area contributed by atoms with Crippen LogP contribution < -0.4 is 5.19 Å². The van der Waals surface area contributed by atoms with E-state index in [1.807, 2.05) is 18.2 Å². The minimum Gasteiger partial charge on any atom is -0.439 e. The normalized spacial score (nSPS) is 11.6. The maximum atomic E-state index is 5.90. The van der Waals surface area contributed by atoms with Gasteiger partial charge in [-0.25, -0.2) is 0 Å². The van der Waals surface area contributed by atoms with E-state index >= 15 is 0 Å². The average Bonchev–Trinajstić information content (AvgIpc) is 2.92. The molecule has 0 aliphatic heterocycles. The predicted molar refractivity (Wildman–Crippen MR) is 98.8 cm³/mol. The standard InChI is InChI=1S/C20H18NOSi.Ir/c1-23(2,3)15-8-6-7-14(13-15)18-12-11-17-16-9-4-5-10-19(16)22-20(17)21-18;/h4-12H,1-3H3;/q-1;. The minimum absolute atomic E-state index is 0. The molecule has 4 heteroatoms. The summed E-state index contributed by atoms with van der Waals surface area (Å²) in [5.74, 6) is 0. The van der Waals surface area contributed by atoms with Gasteiger partial charge in [-0.05, 0) is 11.8 Å². The molecule has 0 bridgehead atoms. The molecule has 0 spiro atoms. The largest absolute Gasteiger partial charge is 0.439 e. The molecule has 2 aromatic carbocycles. The van der Waals surface area contributed by atoms with Gasteiger partial charge in [0.25, 0.3) is 0 Å². The molecule has 2 nitrogen and oxygen atoms in total. The summed E-state index contributed by atoms with van der Waals surface area (Å²) in [6.07, 6.45) is 0. The summed E-state index contributed by atoms with van der Waals surface area (Å²) < 4.78 is 5.90. The number of pyridine rings is 1. The molecule has 0 aliphatic carbocycles. The number of nitrogens with zero attached hydrogens (tertiary/aromatic N) is 1. The van der Waals surface area contributed by atoms with Crippen LogP contribution >= 0.6 is 0 Å². The summed E-state index contributed by atoms with van der Waals surface area (Å²) >= 11 is 0. The van der Waals surface area contributed by atoms with Crippen LogP contribution in [0.25, 0.3) is 33.3 Å². The first-order valence-corrected chi connectivity index (χ1v) is 11.3. The smallest absolute Gasteiger partial charge is 0.218 e. The van der Waals surface area contributed by atoms with Crippen molar-refractivity contribution in [1.29, 1.82) is 0 Å². The molecule has 2 aromatic heterocycles. The van der Waals surface area contributed by atoms with Crippen LogP contribution in [0, 0.1) is 6.07 Å². The van der Waals surface area contributed by atoms with E-state index in [9.17, 15) is 0 Å². The van der Waals surface area contributed by atoms with Crippen molar-refractivity contribution in [2.24, 2.45) is 0 Å². The Morgan fingerprint density at radius 3 is 2.46 bits per heavy atom. The molecule has 0 saturated heterocycles. The first-order valence-electron chi connectivity index (χ1n) is 7.84. The van der Waals surface area contributed by atoms with Crippen LogP contribution in [0.3, 0.4) is 0 Å². The molecule has 0 fully saturated rings. The Hall–Kier alpha value is -1.74. The summed E-state index contributed by atoms with van der Waals surface area (Å²) in [6.45, 7) is 7.00. The molecule has 24 heavy (non-hydrogen) atoms. The van der Waals surface area contributed by atoms with Crippen molar-refractivity contribution in [2.75, 3.05) is 0 Å². The van der Waals surface area contributed by atoms with E-state index in [0.717, 1.165) is 27.6 Å². The Labute approximate surface area is 156 Å². The van der Waals surface area contributed by atoms with E-state index in [-0.39, 0.29) is 20.1 Å². The number of para-hydroxylation sites is 1. The van der Waals surface area contributed by atoms with E-state index in [2.05, 4.69) is 62.1 Å². The van der Waals surface area contributed by atoms with Gasteiger partial charge in [0.1, 0.15) is 5.58 Å². The zero-order valence-corrected chi connectivity index (χ0v) is 17.3. The molecule has 0 unspecified atom stereocenters. The van der Waals surface area contributed by atoms with Crippen LogP contribution in [0.4, 0.5) is 0 Å². The van der Waals surface area contributed by atoms with E-state index in [1.54, 1.807) is 0 Å². The Kier molecular flexibility index (Phi) is 4.47. The van der Waals surface area contributed by atoms with Crippen LogP contribution in [-0.2, 0) is 20.1 Å². The molecule has 1 radical (unpaired) electrons. The molecular weight excluding hydrogens is 491 g/mol. The van der Waals surface area contributed by atoms with Crippen molar-refractivity contribution < 1.29 is 24.5 Å². The zero-order chi connectivity index (χ0) is 16.0. The Bertz CT molecular complexity index is 1020. The fourth-order valence-electron chi connectivity index (χ4n) is 2.81. The first kappa shape index (κ1) is 17.1. The third-order valence-electron chi connectivity index (χ3n) is 4.12. The predicted octanol–water partition coefficient (Wildman–Crippen LogP) is 4.99. The fraction of sp³-hybridized carbons (Fsp3) is 0.150. The van der Waals surface area contributed by atoms with Gasteiger partial charge >= 0.3 is 0 Å². The Morgan fingerprint density at radius 1 is 0.875 bits per heavy atom. The quantitative estimate of drug-likeness (QED) is 0.282. The van der Waals surface area contributed by atoms with Gasteiger partial charge in [0.2, 0.25) is 5.71 Å². The molecule has 0 atom stereocenters. The molecule has 4 rings (SSSR count). The topological polar surface area (TPSA) is 26.0 Å². The van der Waals surface area contributed by atoms with Crippen molar-refractivity contribution in [3.05, 3.63) is 60.7 Å². The number of fused-ring (bicyclic) bond motifs is 3. The molecule has 0 aliphatic rings. The summed E-state index contributed by atoms with van der Waals surface area (Å²) in [5, 5.41) is 3.49. The Morgan fingerprint density at radius 2 is 1.67 bits per heavy atom. The third kappa shape index (κ3) is 2.97. The van der Waals surface area contributed by atoms with Crippen molar-refractivity contribution >= 4 is 35.3 Å². The van der Waals surface area contributed by atoms with Gasteiger partial charge in [-0.15, -0.1) is 35.0 Å². The van der Waals surface area contributed by atoms with Gasteiger partial charge in [-0.2, -0.15) is 0 Å². The average molecular weight is 509 g/mol. The molecule has 4 aromatic rings. The third-order valence-corrected chi connectivity index (χ3v) is 6.03. The van der Waals surface area contributed by atoms with Gasteiger partial charge in [0, 0.05) is 30.9 Å². The van der Waals surface area contributed by atoms with E-state index in [4.69, 9.17) is 9.40 Å².